The Labute approximate surface area is 102 Å². The zero-order chi connectivity index (χ0) is 12.0. The molecule has 1 fully saturated rings. The largest absolute Gasteiger partial charge is 0.338 e. The molecule has 2 aliphatic heterocycles. The van der Waals surface area contributed by atoms with E-state index in [2.05, 4.69) is 18.0 Å². The molecular formula is C14H18N2O. The molecule has 2 aliphatic rings. The first-order chi connectivity index (χ1) is 8.16. The lowest BCUT2D eigenvalue weighted by molar-refractivity contribution is 0.0340. The molecule has 1 saturated heterocycles. The van der Waals surface area contributed by atoms with E-state index >= 15 is 0 Å². The summed E-state index contributed by atoms with van der Waals surface area (Å²) in [5, 5.41) is 0. The number of benzene rings is 1. The number of nitrogens with zero attached hydrogens (tertiary/aromatic N) is 2. The minimum atomic E-state index is 0.186. The number of carbonyl (C=O) groups excluding carboxylic acids is 1. The summed E-state index contributed by atoms with van der Waals surface area (Å²) in [7, 11) is 4.08. The predicted octanol–water partition coefficient (Wildman–Crippen LogP) is 1.24. The molecule has 90 valence electrons. The first-order valence-corrected chi connectivity index (χ1v) is 6.20. The average molecular weight is 230 g/mol. The fourth-order valence-electron chi connectivity index (χ4n) is 3.08. The second-order valence-electron chi connectivity index (χ2n) is 5.33. The number of hydrogen-bond donors (Lipinski definition) is 0. The van der Waals surface area contributed by atoms with E-state index < -0.39 is 0 Å². The molecule has 17 heavy (non-hydrogen) atoms. The molecule has 3 nitrogen and oxygen atoms in total. The average Bonchev–Trinajstić information content (AvgIpc) is 2.30. The van der Waals surface area contributed by atoms with Gasteiger partial charge in [-0.2, -0.15) is 0 Å². The summed E-state index contributed by atoms with van der Waals surface area (Å²) >= 11 is 0. The molecule has 0 radical (unpaired) electrons. The first kappa shape index (κ1) is 10.8. The third kappa shape index (κ3) is 1.65. The van der Waals surface area contributed by atoms with Gasteiger partial charge in [0, 0.05) is 37.7 Å². The molecule has 0 N–H and O–H groups in total. The number of likely N-dealkylation sites (tertiary alicyclic amines) is 1. The normalized spacial score (nSPS) is 25.6. The van der Waals surface area contributed by atoms with Gasteiger partial charge in [0.2, 0.25) is 0 Å². The molecule has 3 heteroatoms. The van der Waals surface area contributed by atoms with Gasteiger partial charge >= 0.3 is 0 Å². The SMILES string of the molecule is CN1CC(C2Cc3ccccc3C(=O)N2C)C1. The lowest BCUT2D eigenvalue weighted by atomic mass is 9.83. The highest BCUT2D eigenvalue weighted by molar-refractivity contribution is 5.96. The summed E-state index contributed by atoms with van der Waals surface area (Å²) in [4.78, 5) is 16.5. The molecule has 1 unspecified atom stereocenters. The van der Waals surface area contributed by atoms with Crippen LogP contribution >= 0.6 is 0 Å². The number of hydrogen-bond acceptors (Lipinski definition) is 2. The molecular weight excluding hydrogens is 212 g/mol. The Kier molecular flexibility index (Phi) is 2.44. The highest BCUT2D eigenvalue weighted by atomic mass is 16.2. The first-order valence-electron chi connectivity index (χ1n) is 6.20. The third-order valence-corrected chi connectivity index (χ3v) is 4.13. The fourth-order valence-corrected chi connectivity index (χ4v) is 3.08. The van der Waals surface area contributed by atoms with Crippen LogP contribution in [-0.4, -0.2) is 48.9 Å². The fraction of sp³-hybridized carbons (Fsp3) is 0.500. The van der Waals surface area contributed by atoms with Crippen LogP contribution in [0.4, 0.5) is 0 Å². The summed E-state index contributed by atoms with van der Waals surface area (Å²) in [6.07, 6.45) is 1.01. The maximum absolute atomic E-state index is 12.3. The number of rotatable bonds is 1. The number of carbonyl (C=O) groups is 1. The van der Waals surface area contributed by atoms with Gasteiger partial charge in [0.1, 0.15) is 0 Å². The zero-order valence-corrected chi connectivity index (χ0v) is 10.4. The van der Waals surface area contributed by atoms with E-state index in [-0.39, 0.29) is 5.91 Å². The van der Waals surface area contributed by atoms with E-state index in [0.29, 0.717) is 12.0 Å². The van der Waals surface area contributed by atoms with Crippen molar-refractivity contribution in [3.63, 3.8) is 0 Å². The Morgan fingerprint density at radius 2 is 1.88 bits per heavy atom. The highest BCUT2D eigenvalue weighted by Crippen LogP contribution is 2.29. The molecule has 1 aromatic rings. The van der Waals surface area contributed by atoms with Crippen LogP contribution in [0.5, 0.6) is 0 Å². The van der Waals surface area contributed by atoms with Gasteiger partial charge in [-0.25, -0.2) is 0 Å². The van der Waals surface area contributed by atoms with Crippen molar-refractivity contribution in [3.05, 3.63) is 35.4 Å². The van der Waals surface area contributed by atoms with E-state index in [9.17, 15) is 4.79 Å². The van der Waals surface area contributed by atoms with Crippen molar-refractivity contribution in [1.82, 2.24) is 9.80 Å². The van der Waals surface area contributed by atoms with E-state index in [1.54, 1.807) is 0 Å². The molecule has 0 spiro atoms. The van der Waals surface area contributed by atoms with Crippen LogP contribution in [0.15, 0.2) is 24.3 Å². The van der Waals surface area contributed by atoms with E-state index in [1.807, 2.05) is 30.1 Å². The van der Waals surface area contributed by atoms with Gasteiger partial charge in [-0.15, -0.1) is 0 Å². The topological polar surface area (TPSA) is 23.6 Å². The Balaban J connectivity index is 1.88. The summed E-state index contributed by atoms with van der Waals surface area (Å²) in [5.74, 6) is 0.828. The lowest BCUT2D eigenvalue weighted by Gasteiger charge is -2.46. The molecule has 0 bridgehead atoms. The summed E-state index contributed by atoms with van der Waals surface area (Å²) < 4.78 is 0. The van der Waals surface area contributed by atoms with Gasteiger partial charge in [-0.1, -0.05) is 18.2 Å². The van der Waals surface area contributed by atoms with Crippen molar-refractivity contribution in [2.75, 3.05) is 27.2 Å². The minimum Gasteiger partial charge on any atom is -0.338 e. The Bertz CT molecular complexity index is 451. The van der Waals surface area contributed by atoms with Gasteiger partial charge < -0.3 is 9.80 Å². The van der Waals surface area contributed by atoms with Crippen LogP contribution in [0.25, 0.3) is 0 Å². The van der Waals surface area contributed by atoms with Crippen molar-refractivity contribution in [2.45, 2.75) is 12.5 Å². The van der Waals surface area contributed by atoms with Crippen molar-refractivity contribution < 1.29 is 4.79 Å². The molecule has 1 aromatic carbocycles. The van der Waals surface area contributed by atoms with Gasteiger partial charge in [0.05, 0.1) is 0 Å². The van der Waals surface area contributed by atoms with Crippen molar-refractivity contribution in [1.29, 1.82) is 0 Å². The van der Waals surface area contributed by atoms with Crippen LogP contribution in [0.2, 0.25) is 0 Å². The van der Waals surface area contributed by atoms with Crippen LogP contribution in [0, 0.1) is 5.92 Å². The van der Waals surface area contributed by atoms with Crippen LogP contribution in [-0.2, 0) is 6.42 Å². The van der Waals surface area contributed by atoms with Crippen LogP contribution < -0.4 is 0 Å². The monoisotopic (exact) mass is 230 g/mol. The van der Waals surface area contributed by atoms with Gasteiger partial charge in [-0.05, 0) is 25.1 Å². The Morgan fingerprint density at radius 3 is 2.59 bits per heavy atom. The second-order valence-corrected chi connectivity index (χ2v) is 5.33. The van der Waals surface area contributed by atoms with E-state index in [1.165, 1.54) is 5.56 Å². The lowest BCUT2D eigenvalue weighted by Crippen LogP contribution is -2.57. The molecule has 3 rings (SSSR count). The number of amides is 1. The Hall–Kier alpha value is -1.35. The number of fused-ring (bicyclic) bond motifs is 1. The highest BCUT2D eigenvalue weighted by Gasteiger charge is 2.38. The predicted molar refractivity (Wildman–Crippen MR) is 67.0 cm³/mol. The zero-order valence-electron chi connectivity index (χ0n) is 10.4. The van der Waals surface area contributed by atoms with Crippen LogP contribution in [0.1, 0.15) is 15.9 Å². The molecule has 0 aromatic heterocycles. The van der Waals surface area contributed by atoms with Crippen molar-refractivity contribution in [2.24, 2.45) is 5.92 Å². The number of likely N-dealkylation sites (N-methyl/N-ethyl adjacent to an activating group) is 1. The smallest absolute Gasteiger partial charge is 0.254 e. The molecule has 2 heterocycles. The summed E-state index contributed by atoms with van der Waals surface area (Å²) in [5.41, 5.74) is 2.11. The summed E-state index contributed by atoms with van der Waals surface area (Å²) in [6, 6.07) is 8.39. The standard InChI is InChI=1S/C14H18N2O/c1-15-8-11(9-15)13-7-10-5-3-4-6-12(10)14(17)16(13)2/h3-6,11,13H,7-9H2,1-2H3. The van der Waals surface area contributed by atoms with Gasteiger partial charge in [0.15, 0.2) is 0 Å². The van der Waals surface area contributed by atoms with Gasteiger partial charge in [0.25, 0.3) is 5.91 Å². The van der Waals surface area contributed by atoms with Crippen molar-refractivity contribution >= 4 is 5.91 Å². The maximum atomic E-state index is 12.3. The van der Waals surface area contributed by atoms with Crippen molar-refractivity contribution in [3.8, 4) is 0 Å². The molecule has 0 aliphatic carbocycles. The minimum absolute atomic E-state index is 0.186. The molecule has 0 saturated carbocycles. The summed E-state index contributed by atoms with van der Waals surface area (Å²) in [6.45, 7) is 2.23. The second kappa shape index (κ2) is 3.84. The van der Waals surface area contributed by atoms with Gasteiger partial charge in [-0.3, -0.25) is 4.79 Å². The quantitative estimate of drug-likeness (QED) is 0.725. The Morgan fingerprint density at radius 1 is 1.18 bits per heavy atom. The molecule has 1 amide bonds. The van der Waals surface area contributed by atoms with E-state index in [4.69, 9.17) is 0 Å². The third-order valence-electron chi connectivity index (χ3n) is 4.13. The molecule has 1 atom stereocenters. The maximum Gasteiger partial charge on any atom is 0.254 e. The van der Waals surface area contributed by atoms with Crippen LogP contribution in [0.3, 0.4) is 0 Å². The van der Waals surface area contributed by atoms with E-state index in [0.717, 1.165) is 25.1 Å².